The first-order valence-corrected chi connectivity index (χ1v) is 6.83. The highest BCUT2D eigenvalue weighted by molar-refractivity contribution is 6.30. The van der Waals surface area contributed by atoms with E-state index < -0.39 is 5.97 Å². The maximum Gasteiger partial charge on any atom is 0.341 e. The largest absolute Gasteiger partial charge is 0.477 e. The van der Waals surface area contributed by atoms with Crippen molar-refractivity contribution in [2.45, 2.75) is 25.9 Å². The Morgan fingerprint density at radius 2 is 2.20 bits per heavy atom. The zero-order valence-electron chi connectivity index (χ0n) is 10.9. The van der Waals surface area contributed by atoms with Gasteiger partial charge in [-0.05, 0) is 24.1 Å². The minimum Gasteiger partial charge on any atom is -0.477 e. The van der Waals surface area contributed by atoms with Gasteiger partial charge in [-0.1, -0.05) is 30.7 Å². The molecule has 0 amide bonds. The minimum atomic E-state index is -0.938. The number of hydrogen-bond donors (Lipinski definition) is 2. The molecule has 3 rings (SSSR count). The lowest BCUT2D eigenvalue weighted by Gasteiger charge is -2.11. The summed E-state index contributed by atoms with van der Waals surface area (Å²) in [5.41, 5.74) is 1.97. The first kappa shape index (κ1) is 13.0. The number of aromatic carboxylic acids is 1. The van der Waals surface area contributed by atoms with E-state index in [4.69, 9.17) is 11.6 Å². The van der Waals surface area contributed by atoms with Crippen molar-refractivity contribution in [3.63, 3.8) is 0 Å². The molecule has 1 aliphatic rings. The van der Waals surface area contributed by atoms with Crippen molar-refractivity contribution in [1.82, 2.24) is 9.78 Å². The normalized spacial score (nSPS) is 16.8. The number of aromatic nitrogens is 2. The van der Waals surface area contributed by atoms with Crippen LogP contribution in [0.2, 0.25) is 5.02 Å². The molecule has 1 aromatic heterocycles. The Morgan fingerprint density at radius 3 is 2.80 bits per heavy atom. The van der Waals surface area contributed by atoms with Gasteiger partial charge < -0.3 is 10.4 Å². The number of anilines is 1. The number of nitrogens with one attached hydrogen (secondary N) is 1. The van der Waals surface area contributed by atoms with Crippen molar-refractivity contribution in [2.75, 3.05) is 5.32 Å². The number of nitrogens with zero attached hydrogens (tertiary/aromatic N) is 2. The van der Waals surface area contributed by atoms with Crippen LogP contribution in [0.25, 0.3) is 0 Å². The number of hydrogen-bond acceptors (Lipinski definition) is 3. The second-order valence-electron chi connectivity index (χ2n) is 4.76. The molecule has 1 atom stereocenters. The average Bonchev–Trinajstić information content (AvgIpc) is 2.95. The van der Waals surface area contributed by atoms with E-state index in [0.717, 1.165) is 5.56 Å². The molecule has 0 radical (unpaired) electrons. The first-order valence-electron chi connectivity index (χ1n) is 6.45. The Labute approximate surface area is 121 Å². The molecule has 1 aliphatic heterocycles. The van der Waals surface area contributed by atoms with Crippen LogP contribution in [0.5, 0.6) is 0 Å². The number of aryl methyl sites for hydroxylation is 1. The van der Waals surface area contributed by atoms with E-state index in [1.165, 1.54) is 0 Å². The average molecular weight is 292 g/mol. The van der Waals surface area contributed by atoms with Gasteiger partial charge in [-0.2, -0.15) is 5.10 Å². The van der Waals surface area contributed by atoms with E-state index in [9.17, 15) is 9.90 Å². The van der Waals surface area contributed by atoms with Crippen molar-refractivity contribution in [3.8, 4) is 0 Å². The monoisotopic (exact) mass is 291 g/mol. The van der Waals surface area contributed by atoms with Gasteiger partial charge in [0.25, 0.3) is 0 Å². The van der Waals surface area contributed by atoms with Crippen LogP contribution in [0.3, 0.4) is 0 Å². The zero-order chi connectivity index (χ0) is 14.3. The Kier molecular flexibility index (Phi) is 3.14. The van der Waals surface area contributed by atoms with Crippen molar-refractivity contribution in [3.05, 3.63) is 46.1 Å². The molecule has 0 saturated heterocycles. The molecule has 2 heterocycles. The highest BCUT2D eigenvalue weighted by Gasteiger charge is 2.30. The highest BCUT2D eigenvalue weighted by Crippen LogP contribution is 2.33. The third-order valence-corrected chi connectivity index (χ3v) is 3.76. The Bertz CT molecular complexity index is 664. The zero-order valence-corrected chi connectivity index (χ0v) is 11.7. The SMILES string of the molecule is CCc1nn2c(c1C(=O)O)N[C@H](c1ccc(Cl)cc1)C2. The minimum absolute atomic E-state index is 0.0266. The fraction of sp³-hybridized carbons (Fsp3) is 0.286. The lowest BCUT2D eigenvalue weighted by atomic mass is 10.1. The lowest BCUT2D eigenvalue weighted by Crippen LogP contribution is -2.10. The summed E-state index contributed by atoms with van der Waals surface area (Å²) in [6.07, 6.45) is 0.606. The van der Waals surface area contributed by atoms with Crippen molar-refractivity contribution >= 4 is 23.4 Å². The maximum atomic E-state index is 11.4. The summed E-state index contributed by atoms with van der Waals surface area (Å²) in [4.78, 5) is 11.4. The highest BCUT2D eigenvalue weighted by atomic mass is 35.5. The number of carboxylic acids is 1. The van der Waals surface area contributed by atoms with Gasteiger partial charge in [0, 0.05) is 5.02 Å². The van der Waals surface area contributed by atoms with Gasteiger partial charge in [-0.25, -0.2) is 9.48 Å². The molecule has 5 nitrogen and oxygen atoms in total. The van der Waals surface area contributed by atoms with Crippen LogP contribution < -0.4 is 5.32 Å². The second-order valence-corrected chi connectivity index (χ2v) is 5.20. The molecule has 0 unspecified atom stereocenters. The van der Waals surface area contributed by atoms with Crippen molar-refractivity contribution in [2.24, 2.45) is 0 Å². The van der Waals surface area contributed by atoms with E-state index in [1.54, 1.807) is 4.68 Å². The van der Waals surface area contributed by atoms with Crippen LogP contribution >= 0.6 is 11.6 Å². The molecule has 20 heavy (non-hydrogen) atoms. The molecule has 6 heteroatoms. The van der Waals surface area contributed by atoms with Gasteiger partial charge in [0.1, 0.15) is 11.4 Å². The quantitative estimate of drug-likeness (QED) is 0.912. The predicted octanol–water partition coefficient (Wildman–Crippen LogP) is 2.96. The van der Waals surface area contributed by atoms with Crippen molar-refractivity contribution in [1.29, 1.82) is 0 Å². The molecule has 0 spiro atoms. The Balaban J connectivity index is 1.93. The van der Waals surface area contributed by atoms with Gasteiger partial charge in [0.05, 0.1) is 18.3 Å². The standard InChI is InChI=1S/C14H14ClN3O2/c1-2-10-12(14(19)20)13-16-11(7-18(13)17-10)8-3-5-9(15)6-4-8/h3-6,11,16H,2,7H2,1H3,(H,19,20)/t11-/m0/s1. The van der Waals surface area contributed by atoms with E-state index >= 15 is 0 Å². The summed E-state index contributed by atoms with van der Waals surface area (Å²) < 4.78 is 1.74. The number of carboxylic acid groups (broad SMARTS) is 1. The fourth-order valence-electron chi connectivity index (χ4n) is 2.53. The number of fused-ring (bicyclic) bond motifs is 1. The van der Waals surface area contributed by atoms with Gasteiger partial charge in [-0.15, -0.1) is 0 Å². The summed E-state index contributed by atoms with van der Waals surface area (Å²) in [6.45, 7) is 2.53. The smallest absolute Gasteiger partial charge is 0.341 e. The second kappa shape index (κ2) is 4.83. The van der Waals surface area contributed by atoms with E-state index in [1.807, 2.05) is 31.2 Å². The number of rotatable bonds is 3. The van der Waals surface area contributed by atoms with Gasteiger partial charge >= 0.3 is 5.97 Å². The van der Waals surface area contributed by atoms with Crippen molar-refractivity contribution < 1.29 is 9.90 Å². The third kappa shape index (κ3) is 2.04. The summed E-state index contributed by atoms with van der Waals surface area (Å²) in [5.74, 6) is -0.346. The van der Waals surface area contributed by atoms with Gasteiger partial charge in [0.15, 0.2) is 0 Å². The van der Waals surface area contributed by atoms with Crippen LogP contribution in [0, 0.1) is 0 Å². The van der Waals surface area contributed by atoms with Crippen LogP contribution in [0.4, 0.5) is 5.82 Å². The summed E-state index contributed by atoms with van der Waals surface area (Å²) >= 11 is 5.88. The number of halogens is 1. The van der Waals surface area contributed by atoms with E-state index in [-0.39, 0.29) is 11.6 Å². The summed E-state index contributed by atoms with van der Waals surface area (Å²) in [6, 6.07) is 7.56. The maximum absolute atomic E-state index is 11.4. The molecule has 0 bridgehead atoms. The molecule has 0 aliphatic carbocycles. The molecular formula is C14H14ClN3O2. The molecule has 2 aromatic rings. The molecular weight excluding hydrogens is 278 g/mol. The Morgan fingerprint density at radius 1 is 1.50 bits per heavy atom. The fourth-order valence-corrected chi connectivity index (χ4v) is 2.66. The predicted molar refractivity (Wildman–Crippen MR) is 76.4 cm³/mol. The molecule has 104 valence electrons. The Hall–Kier alpha value is -2.01. The van der Waals surface area contributed by atoms with E-state index in [2.05, 4.69) is 10.4 Å². The van der Waals surface area contributed by atoms with Crippen LogP contribution in [0.1, 0.15) is 34.6 Å². The number of carbonyl (C=O) groups is 1. The third-order valence-electron chi connectivity index (χ3n) is 3.51. The topological polar surface area (TPSA) is 67.2 Å². The van der Waals surface area contributed by atoms with Gasteiger partial charge in [-0.3, -0.25) is 0 Å². The molecule has 2 N–H and O–H groups in total. The first-order chi connectivity index (χ1) is 9.60. The molecule has 0 fully saturated rings. The molecule has 1 aromatic carbocycles. The lowest BCUT2D eigenvalue weighted by molar-refractivity contribution is 0.0697. The number of benzene rings is 1. The summed E-state index contributed by atoms with van der Waals surface area (Å²) in [5, 5.41) is 17.6. The van der Waals surface area contributed by atoms with Gasteiger partial charge in [0.2, 0.25) is 0 Å². The summed E-state index contributed by atoms with van der Waals surface area (Å²) in [7, 11) is 0. The van der Waals surface area contributed by atoms with E-state index in [0.29, 0.717) is 29.5 Å². The van der Waals surface area contributed by atoms with Crippen LogP contribution in [-0.2, 0) is 13.0 Å². The van der Waals surface area contributed by atoms with Crippen LogP contribution in [0.15, 0.2) is 24.3 Å². The molecule has 0 saturated carbocycles. The van der Waals surface area contributed by atoms with Crippen LogP contribution in [-0.4, -0.2) is 20.9 Å².